The number of rotatable bonds is 9. The minimum Gasteiger partial charge on any atom is -0.483 e. The number of hydrogen-bond acceptors (Lipinski definition) is 3. The first kappa shape index (κ1) is 29.9. The van der Waals surface area contributed by atoms with E-state index in [0.717, 1.165) is 20.8 Å². The molecule has 4 rings (SSSR count). The molecule has 0 heterocycles. The van der Waals surface area contributed by atoms with Gasteiger partial charge in [0.15, 0.2) is 6.61 Å². The van der Waals surface area contributed by atoms with Crippen LogP contribution in [-0.2, 0) is 22.6 Å². The van der Waals surface area contributed by atoms with Gasteiger partial charge in [-0.05, 0) is 71.2 Å². The largest absolute Gasteiger partial charge is 0.483 e. The van der Waals surface area contributed by atoms with E-state index in [4.69, 9.17) is 27.9 Å². The number of hydrogen-bond donors (Lipinski definition) is 1. The van der Waals surface area contributed by atoms with E-state index in [1.54, 1.807) is 18.2 Å². The van der Waals surface area contributed by atoms with E-state index < -0.39 is 11.6 Å². The number of nitrogens with one attached hydrogen (secondary N) is 1. The minimum atomic E-state index is -0.842. The number of carbonyl (C=O) groups excluding carboxylic acids is 2. The lowest BCUT2D eigenvalue weighted by atomic mass is 10.0. The van der Waals surface area contributed by atoms with Crippen LogP contribution in [0.15, 0.2) is 89.4 Å². The Labute approximate surface area is 253 Å². The smallest absolute Gasteiger partial charge is 0.261 e. The minimum absolute atomic E-state index is 0.0364. The SMILES string of the molecule is CC(C)(C)NC(=O)[C@@H](Cc1ccccc1)N(Cc1c(Cl)cccc1Cl)C(=O)COc1ccc2ccccc2c1Br. The zero-order valence-electron chi connectivity index (χ0n) is 22.6. The third kappa shape index (κ3) is 7.57. The van der Waals surface area contributed by atoms with Crippen molar-refractivity contribution in [3.8, 4) is 5.75 Å². The molecular formula is C32H31BrCl2N2O3. The summed E-state index contributed by atoms with van der Waals surface area (Å²) in [5.74, 6) is -0.123. The molecule has 0 aliphatic rings. The summed E-state index contributed by atoms with van der Waals surface area (Å²) in [6.45, 7) is 5.47. The fraction of sp³-hybridized carbons (Fsp3) is 0.250. The van der Waals surface area contributed by atoms with Gasteiger partial charge in [0.25, 0.3) is 5.91 Å². The molecule has 0 radical (unpaired) electrons. The van der Waals surface area contributed by atoms with Gasteiger partial charge in [-0.2, -0.15) is 0 Å². The van der Waals surface area contributed by atoms with Crippen molar-refractivity contribution in [2.75, 3.05) is 6.61 Å². The molecule has 0 aromatic heterocycles. The first-order valence-corrected chi connectivity index (χ1v) is 14.5. The molecule has 0 spiro atoms. The number of ether oxygens (including phenoxy) is 1. The molecule has 0 fully saturated rings. The second-order valence-corrected chi connectivity index (χ2v) is 12.2. The topological polar surface area (TPSA) is 58.6 Å². The van der Waals surface area contributed by atoms with E-state index in [1.165, 1.54) is 4.90 Å². The van der Waals surface area contributed by atoms with Crippen LogP contribution in [0.25, 0.3) is 10.8 Å². The Bertz CT molecular complexity index is 1490. The fourth-order valence-electron chi connectivity index (χ4n) is 4.41. The average Bonchev–Trinajstić information content (AvgIpc) is 2.91. The first-order valence-electron chi connectivity index (χ1n) is 12.9. The Kier molecular flexibility index (Phi) is 9.77. The fourth-order valence-corrected chi connectivity index (χ4v) is 5.53. The Hall–Kier alpha value is -3.06. The highest BCUT2D eigenvalue weighted by molar-refractivity contribution is 9.10. The zero-order chi connectivity index (χ0) is 28.9. The molecule has 40 heavy (non-hydrogen) atoms. The summed E-state index contributed by atoms with van der Waals surface area (Å²) in [6.07, 6.45) is 0.302. The molecule has 0 saturated carbocycles. The van der Waals surface area contributed by atoms with Crippen molar-refractivity contribution in [3.05, 3.63) is 111 Å². The molecule has 208 valence electrons. The number of benzene rings is 4. The van der Waals surface area contributed by atoms with Crippen LogP contribution in [0, 0.1) is 0 Å². The molecule has 4 aromatic rings. The van der Waals surface area contributed by atoms with Crippen molar-refractivity contribution in [2.45, 2.75) is 45.3 Å². The molecule has 2 amide bonds. The molecule has 0 unspecified atom stereocenters. The normalized spacial score (nSPS) is 12.2. The zero-order valence-corrected chi connectivity index (χ0v) is 25.7. The molecule has 0 aliphatic carbocycles. The molecule has 0 aliphatic heterocycles. The van der Waals surface area contributed by atoms with E-state index in [9.17, 15) is 9.59 Å². The van der Waals surface area contributed by atoms with Gasteiger partial charge in [0, 0.05) is 34.1 Å². The Morgan fingerprint density at radius 1 is 0.900 bits per heavy atom. The summed E-state index contributed by atoms with van der Waals surface area (Å²) in [5, 5.41) is 5.89. The summed E-state index contributed by atoms with van der Waals surface area (Å²) in [5.41, 5.74) is 0.973. The molecule has 4 aromatic carbocycles. The van der Waals surface area contributed by atoms with Gasteiger partial charge >= 0.3 is 0 Å². The molecule has 0 saturated heterocycles. The maximum atomic E-state index is 13.9. The second kappa shape index (κ2) is 13.1. The van der Waals surface area contributed by atoms with Gasteiger partial charge in [-0.1, -0.05) is 89.9 Å². The molecular weight excluding hydrogens is 611 g/mol. The molecule has 5 nitrogen and oxygen atoms in total. The summed E-state index contributed by atoms with van der Waals surface area (Å²) >= 11 is 16.7. The second-order valence-electron chi connectivity index (χ2n) is 10.6. The van der Waals surface area contributed by atoms with Crippen molar-refractivity contribution in [2.24, 2.45) is 0 Å². The molecule has 1 atom stereocenters. The van der Waals surface area contributed by atoms with E-state index in [-0.39, 0.29) is 25.0 Å². The number of carbonyl (C=O) groups is 2. The molecule has 0 bridgehead atoms. The van der Waals surface area contributed by atoms with Gasteiger partial charge in [-0.3, -0.25) is 9.59 Å². The predicted molar refractivity (Wildman–Crippen MR) is 166 cm³/mol. The van der Waals surface area contributed by atoms with Gasteiger partial charge in [-0.15, -0.1) is 0 Å². The first-order chi connectivity index (χ1) is 19.0. The molecule has 1 N–H and O–H groups in total. The lowest BCUT2D eigenvalue weighted by Crippen LogP contribution is -2.55. The van der Waals surface area contributed by atoms with Gasteiger partial charge in [0.2, 0.25) is 5.91 Å². The monoisotopic (exact) mass is 640 g/mol. The van der Waals surface area contributed by atoms with Crippen molar-refractivity contribution < 1.29 is 14.3 Å². The lowest BCUT2D eigenvalue weighted by Gasteiger charge is -2.34. The number of fused-ring (bicyclic) bond motifs is 1. The third-order valence-corrected chi connectivity index (χ3v) is 7.86. The lowest BCUT2D eigenvalue weighted by molar-refractivity contribution is -0.143. The van der Waals surface area contributed by atoms with Gasteiger partial charge in [0.05, 0.1) is 4.47 Å². The van der Waals surface area contributed by atoms with Crippen LogP contribution < -0.4 is 10.1 Å². The van der Waals surface area contributed by atoms with Crippen molar-refractivity contribution in [1.82, 2.24) is 10.2 Å². The van der Waals surface area contributed by atoms with Crippen LogP contribution in [0.5, 0.6) is 5.75 Å². The van der Waals surface area contributed by atoms with Gasteiger partial charge in [-0.25, -0.2) is 0 Å². The summed E-state index contributed by atoms with van der Waals surface area (Å²) in [6, 6.07) is 25.6. The van der Waals surface area contributed by atoms with Crippen LogP contribution in [0.4, 0.5) is 0 Å². The summed E-state index contributed by atoms with van der Waals surface area (Å²) in [7, 11) is 0. The van der Waals surface area contributed by atoms with Crippen molar-refractivity contribution >= 4 is 61.7 Å². The van der Waals surface area contributed by atoms with Crippen molar-refractivity contribution in [3.63, 3.8) is 0 Å². The predicted octanol–water partition coefficient (Wildman–Crippen LogP) is 7.84. The standard InChI is InChI=1S/C32H31BrCl2N2O3/c1-32(2,3)36-31(39)27(18-21-10-5-4-6-11-21)37(19-24-25(34)14-9-15-26(24)35)29(38)20-40-28-17-16-22-12-7-8-13-23(22)30(28)33/h4-17,27H,18-20H2,1-3H3,(H,36,39)/t27-/m1/s1. The average molecular weight is 642 g/mol. The van der Waals surface area contributed by atoms with E-state index >= 15 is 0 Å². The van der Waals surface area contributed by atoms with E-state index in [1.807, 2.05) is 87.5 Å². The number of amides is 2. The van der Waals surface area contributed by atoms with Crippen LogP contribution >= 0.6 is 39.1 Å². The van der Waals surface area contributed by atoms with Crippen molar-refractivity contribution in [1.29, 1.82) is 0 Å². The highest BCUT2D eigenvalue weighted by Crippen LogP contribution is 2.33. The Morgan fingerprint density at radius 3 is 2.23 bits per heavy atom. The maximum absolute atomic E-state index is 13.9. The van der Waals surface area contributed by atoms with Crippen LogP contribution in [0.2, 0.25) is 10.0 Å². The van der Waals surface area contributed by atoms with Crippen LogP contribution in [-0.4, -0.2) is 34.9 Å². The Balaban J connectivity index is 1.69. The Morgan fingerprint density at radius 2 is 1.55 bits per heavy atom. The van der Waals surface area contributed by atoms with E-state index in [0.29, 0.717) is 27.8 Å². The summed E-state index contributed by atoms with van der Waals surface area (Å²) < 4.78 is 6.79. The van der Waals surface area contributed by atoms with Gasteiger partial charge < -0.3 is 15.0 Å². The molecule has 8 heteroatoms. The van der Waals surface area contributed by atoms with Crippen LogP contribution in [0.1, 0.15) is 31.9 Å². The van der Waals surface area contributed by atoms with Gasteiger partial charge in [0.1, 0.15) is 11.8 Å². The quantitative estimate of drug-likeness (QED) is 0.203. The third-order valence-electron chi connectivity index (χ3n) is 6.34. The number of halogens is 3. The maximum Gasteiger partial charge on any atom is 0.261 e. The highest BCUT2D eigenvalue weighted by atomic mass is 79.9. The van der Waals surface area contributed by atoms with E-state index in [2.05, 4.69) is 21.2 Å². The highest BCUT2D eigenvalue weighted by Gasteiger charge is 2.33. The van der Waals surface area contributed by atoms with Crippen LogP contribution in [0.3, 0.4) is 0 Å². The number of nitrogens with zero attached hydrogens (tertiary/aromatic N) is 1. The summed E-state index contributed by atoms with van der Waals surface area (Å²) in [4.78, 5) is 29.2.